The van der Waals surface area contributed by atoms with Gasteiger partial charge in [-0.25, -0.2) is 0 Å². The fraction of sp³-hybridized carbons (Fsp3) is 0.636. The van der Waals surface area contributed by atoms with Gasteiger partial charge < -0.3 is 10.6 Å². The molecule has 1 rings (SSSR count). The predicted octanol–water partition coefficient (Wildman–Crippen LogP) is 1.39. The molecule has 0 fully saturated rings. The third-order valence-electron chi connectivity index (χ3n) is 2.69. The summed E-state index contributed by atoms with van der Waals surface area (Å²) in [6, 6.07) is 0. The van der Waals surface area contributed by atoms with Crippen molar-refractivity contribution in [3.63, 3.8) is 0 Å². The molecule has 0 saturated carbocycles. The number of aromatic nitrogens is 2. The molecular formula is C11H20ClN5. The molecule has 17 heavy (non-hydrogen) atoms. The van der Waals surface area contributed by atoms with Crippen molar-refractivity contribution >= 4 is 17.4 Å². The lowest BCUT2D eigenvalue weighted by Gasteiger charge is -2.16. The standard InChI is InChI=1S/C11H20ClN5/c1-4-8-11(12)9(17(3)15-8)7-16(2)6-5-10(13)14/h4-7H2,1-3H3,(H3,13,14). The van der Waals surface area contributed by atoms with E-state index >= 15 is 0 Å². The summed E-state index contributed by atoms with van der Waals surface area (Å²) in [5, 5.41) is 12.3. The number of rotatable bonds is 6. The van der Waals surface area contributed by atoms with Gasteiger partial charge in [0.15, 0.2) is 0 Å². The normalized spacial score (nSPS) is 11.1. The van der Waals surface area contributed by atoms with E-state index in [0.717, 1.165) is 35.9 Å². The van der Waals surface area contributed by atoms with Crippen LogP contribution in [0.25, 0.3) is 0 Å². The molecule has 0 saturated heterocycles. The van der Waals surface area contributed by atoms with E-state index in [9.17, 15) is 0 Å². The fourth-order valence-corrected chi connectivity index (χ4v) is 1.99. The van der Waals surface area contributed by atoms with Gasteiger partial charge in [-0.05, 0) is 13.5 Å². The van der Waals surface area contributed by atoms with Gasteiger partial charge in [0, 0.05) is 26.6 Å². The minimum atomic E-state index is 0.210. The van der Waals surface area contributed by atoms with Gasteiger partial charge in [-0.3, -0.25) is 10.1 Å². The lowest BCUT2D eigenvalue weighted by Crippen LogP contribution is -2.25. The number of nitrogens with two attached hydrogens (primary N) is 1. The van der Waals surface area contributed by atoms with Gasteiger partial charge >= 0.3 is 0 Å². The van der Waals surface area contributed by atoms with Crippen LogP contribution in [-0.2, 0) is 20.0 Å². The molecule has 0 aliphatic rings. The van der Waals surface area contributed by atoms with E-state index in [2.05, 4.69) is 10.00 Å². The van der Waals surface area contributed by atoms with Crippen LogP contribution in [0.15, 0.2) is 0 Å². The number of aryl methyl sites for hydroxylation is 2. The molecule has 0 aliphatic carbocycles. The third kappa shape index (κ3) is 3.71. The second-order valence-electron chi connectivity index (χ2n) is 4.20. The zero-order valence-corrected chi connectivity index (χ0v) is 11.4. The lowest BCUT2D eigenvalue weighted by molar-refractivity contribution is 0.326. The highest BCUT2D eigenvalue weighted by atomic mass is 35.5. The van der Waals surface area contributed by atoms with Gasteiger partial charge in [0.1, 0.15) is 0 Å². The first-order valence-corrected chi connectivity index (χ1v) is 6.05. The number of hydrogen-bond donors (Lipinski definition) is 2. The van der Waals surface area contributed by atoms with Crippen molar-refractivity contribution in [2.45, 2.75) is 26.3 Å². The highest BCUT2D eigenvalue weighted by Crippen LogP contribution is 2.21. The molecule has 3 N–H and O–H groups in total. The maximum Gasteiger partial charge on any atom is 0.0918 e. The second-order valence-corrected chi connectivity index (χ2v) is 4.58. The smallest absolute Gasteiger partial charge is 0.0918 e. The molecule has 96 valence electrons. The molecule has 0 aromatic carbocycles. The Morgan fingerprint density at radius 3 is 2.71 bits per heavy atom. The zero-order chi connectivity index (χ0) is 13.0. The molecule has 6 heteroatoms. The first kappa shape index (κ1) is 14.0. The minimum absolute atomic E-state index is 0.210. The van der Waals surface area contributed by atoms with Crippen molar-refractivity contribution < 1.29 is 0 Å². The Morgan fingerprint density at radius 2 is 2.24 bits per heavy atom. The Bertz CT molecular complexity index is 399. The number of nitrogens with one attached hydrogen (secondary N) is 1. The van der Waals surface area contributed by atoms with Crippen molar-refractivity contribution in [3.05, 3.63) is 16.4 Å². The molecular weight excluding hydrogens is 238 g/mol. The van der Waals surface area contributed by atoms with Crippen molar-refractivity contribution in [3.8, 4) is 0 Å². The van der Waals surface area contributed by atoms with Crippen molar-refractivity contribution in [2.75, 3.05) is 13.6 Å². The molecule has 5 nitrogen and oxygen atoms in total. The van der Waals surface area contributed by atoms with Gasteiger partial charge in [0.05, 0.1) is 22.2 Å². The maximum atomic E-state index is 7.19. The van der Waals surface area contributed by atoms with Crippen LogP contribution in [0.2, 0.25) is 5.02 Å². The monoisotopic (exact) mass is 257 g/mol. The van der Waals surface area contributed by atoms with E-state index < -0.39 is 0 Å². The van der Waals surface area contributed by atoms with Gasteiger partial charge in [0.25, 0.3) is 0 Å². The minimum Gasteiger partial charge on any atom is -0.388 e. The van der Waals surface area contributed by atoms with E-state index in [1.807, 2.05) is 25.7 Å². The van der Waals surface area contributed by atoms with Crippen LogP contribution in [0.5, 0.6) is 0 Å². The topological polar surface area (TPSA) is 70.9 Å². The van der Waals surface area contributed by atoms with E-state index in [4.69, 9.17) is 22.7 Å². The van der Waals surface area contributed by atoms with Crippen LogP contribution in [0, 0.1) is 5.41 Å². The summed E-state index contributed by atoms with van der Waals surface area (Å²) >= 11 is 6.26. The predicted molar refractivity (Wildman–Crippen MR) is 70.5 cm³/mol. The molecule has 0 spiro atoms. The molecule has 0 atom stereocenters. The van der Waals surface area contributed by atoms with Gasteiger partial charge in [-0.2, -0.15) is 5.10 Å². The molecule has 0 unspecified atom stereocenters. The first-order valence-electron chi connectivity index (χ1n) is 5.67. The number of hydrogen-bond acceptors (Lipinski definition) is 3. The summed E-state index contributed by atoms with van der Waals surface area (Å²) < 4.78 is 1.82. The first-order chi connectivity index (χ1) is 7.95. The zero-order valence-electron chi connectivity index (χ0n) is 10.6. The van der Waals surface area contributed by atoms with Crippen LogP contribution in [0.3, 0.4) is 0 Å². The van der Waals surface area contributed by atoms with Crippen molar-refractivity contribution in [1.82, 2.24) is 14.7 Å². The van der Waals surface area contributed by atoms with E-state index in [1.165, 1.54) is 0 Å². The van der Waals surface area contributed by atoms with Crippen LogP contribution in [0.4, 0.5) is 0 Å². The number of halogens is 1. The average Bonchev–Trinajstić information content (AvgIpc) is 2.53. The average molecular weight is 258 g/mol. The summed E-state index contributed by atoms with van der Waals surface area (Å²) in [6.07, 6.45) is 1.41. The van der Waals surface area contributed by atoms with E-state index in [-0.39, 0.29) is 5.84 Å². The van der Waals surface area contributed by atoms with Crippen LogP contribution >= 0.6 is 11.6 Å². The fourth-order valence-electron chi connectivity index (χ4n) is 1.64. The second kappa shape index (κ2) is 6.02. The summed E-state index contributed by atoms with van der Waals surface area (Å²) in [5.41, 5.74) is 7.28. The summed E-state index contributed by atoms with van der Waals surface area (Å²) in [4.78, 5) is 2.09. The van der Waals surface area contributed by atoms with Crippen molar-refractivity contribution in [2.24, 2.45) is 12.8 Å². The molecule has 1 heterocycles. The molecule has 1 aromatic rings. The number of nitrogens with zero attached hydrogens (tertiary/aromatic N) is 3. The van der Waals surface area contributed by atoms with E-state index in [1.54, 1.807) is 0 Å². The Kier molecular flexibility index (Phi) is 4.96. The lowest BCUT2D eigenvalue weighted by atomic mass is 10.3. The van der Waals surface area contributed by atoms with Crippen LogP contribution < -0.4 is 5.73 Å². The van der Waals surface area contributed by atoms with Gasteiger partial charge in [-0.15, -0.1) is 0 Å². The Labute approximate surface area is 107 Å². The molecule has 0 bridgehead atoms. The maximum absolute atomic E-state index is 7.19. The molecule has 0 radical (unpaired) electrons. The largest absolute Gasteiger partial charge is 0.388 e. The highest BCUT2D eigenvalue weighted by Gasteiger charge is 2.14. The summed E-state index contributed by atoms with van der Waals surface area (Å²) in [6.45, 7) is 3.51. The van der Waals surface area contributed by atoms with Gasteiger partial charge in [0.2, 0.25) is 0 Å². The van der Waals surface area contributed by atoms with Crippen molar-refractivity contribution in [1.29, 1.82) is 5.41 Å². The Hall–Kier alpha value is -1.07. The van der Waals surface area contributed by atoms with Gasteiger partial charge in [-0.1, -0.05) is 18.5 Å². The Morgan fingerprint density at radius 1 is 1.59 bits per heavy atom. The molecule has 1 aromatic heterocycles. The van der Waals surface area contributed by atoms with Crippen LogP contribution in [-0.4, -0.2) is 34.1 Å². The van der Waals surface area contributed by atoms with E-state index in [0.29, 0.717) is 6.42 Å². The highest BCUT2D eigenvalue weighted by molar-refractivity contribution is 6.31. The summed E-state index contributed by atoms with van der Waals surface area (Å²) in [7, 11) is 3.89. The molecule has 0 amide bonds. The SMILES string of the molecule is CCc1nn(C)c(CN(C)CCC(=N)N)c1Cl. The van der Waals surface area contributed by atoms with Crippen LogP contribution in [0.1, 0.15) is 24.7 Å². The summed E-state index contributed by atoms with van der Waals surface area (Å²) in [5.74, 6) is 0.210. The molecule has 0 aliphatic heterocycles. The number of amidine groups is 1. The Balaban J connectivity index is 2.67. The third-order valence-corrected chi connectivity index (χ3v) is 3.12. The quantitative estimate of drug-likeness (QED) is 0.598.